The number of nitrogens with zero attached hydrogens (tertiary/aromatic N) is 3. The third kappa shape index (κ3) is 4.72. The second-order valence-electron chi connectivity index (χ2n) is 6.61. The topological polar surface area (TPSA) is 53.9 Å². The van der Waals surface area contributed by atoms with Crippen LogP contribution in [-0.4, -0.2) is 36.5 Å². The second-order valence-corrected chi connectivity index (χ2v) is 7.43. The summed E-state index contributed by atoms with van der Waals surface area (Å²) in [5.74, 6) is -0.322. The molecular weight excluding hydrogens is 383 g/mol. The van der Waals surface area contributed by atoms with Gasteiger partial charge in [0, 0.05) is 41.4 Å². The highest BCUT2D eigenvalue weighted by Crippen LogP contribution is 2.33. The molecule has 1 amide bonds. The lowest BCUT2D eigenvalue weighted by Gasteiger charge is -2.32. The summed E-state index contributed by atoms with van der Waals surface area (Å²) in [5.41, 5.74) is 7.71. The van der Waals surface area contributed by atoms with E-state index in [1.54, 1.807) is 6.07 Å². The van der Waals surface area contributed by atoms with Gasteiger partial charge in [0.15, 0.2) is 0 Å². The van der Waals surface area contributed by atoms with E-state index in [4.69, 9.17) is 35.5 Å². The zero-order chi connectivity index (χ0) is 19.4. The van der Waals surface area contributed by atoms with Gasteiger partial charge in [-0.05, 0) is 30.2 Å². The average molecular weight is 403 g/mol. The molecule has 3 rings (SSSR count). The summed E-state index contributed by atoms with van der Waals surface area (Å²) >= 11 is 12.6. The number of anilines is 1. The first-order chi connectivity index (χ1) is 13.0. The molecular formula is C20H20Cl2N4O. The molecule has 2 aromatic carbocycles. The molecule has 1 aliphatic rings. The highest BCUT2D eigenvalue weighted by molar-refractivity contribution is 6.33. The SMILES string of the molecule is [C-]#[N+]c1ccc(N(Cc2ccccc2Cl)[C@H]2CCN(CC(N)=O)C2)cc1Cl. The van der Waals surface area contributed by atoms with E-state index in [9.17, 15) is 4.79 Å². The van der Waals surface area contributed by atoms with E-state index in [-0.39, 0.29) is 18.5 Å². The summed E-state index contributed by atoms with van der Waals surface area (Å²) < 4.78 is 0. The van der Waals surface area contributed by atoms with Crippen LogP contribution in [0, 0.1) is 6.57 Å². The van der Waals surface area contributed by atoms with Crippen molar-refractivity contribution in [3.8, 4) is 0 Å². The average Bonchev–Trinajstić information content (AvgIpc) is 3.08. The number of nitrogens with two attached hydrogens (primary N) is 1. The normalized spacial score (nSPS) is 16.9. The van der Waals surface area contributed by atoms with Gasteiger partial charge in [0.25, 0.3) is 0 Å². The second kappa shape index (κ2) is 8.62. The fourth-order valence-electron chi connectivity index (χ4n) is 3.44. The lowest BCUT2D eigenvalue weighted by atomic mass is 10.1. The summed E-state index contributed by atoms with van der Waals surface area (Å²) in [6.45, 7) is 9.60. The molecule has 5 nitrogen and oxygen atoms in total. The molecule has 1 heterocycles. The lowest BCUT2D eigenvalue weighted by molar-refractivity contribution is -0.118. The van der Waals surface area contributed by atoms with Gasteiger partial charge in [0.2, 0.25) is 11.6 Å². The molecule has 0 saturated carbocycles. The number of amides is 1. The van der Waals surface area contributed by atoms with Crippen LogP contribution < -0.4 is 10.6 Å². The molecule has 0 aliphatic carbocycles. The number of likely N-dealkylation sites (tertiary alicyclic amines) is 1. The van der Waals surface area contributed by atoms with Crippen LogP contribution in [0.1, 0.15) is 12.0 Å². The number of benzene rings is 2. The van der Waals surface area contributed by atoms with Crippen molar-refractivity contribution in [1.29, 1.82) is 0 Å². The first-order valence-electron chi connectivity index (χ1n) is 8.65. The Labute approximate surface area is 169 Å². The molecule has 0 aromatic heterocycles. The fourth-order valence-corrected chi connectivity index (χ4v) is 3.85. The number of hydrogen-bond acceptors (Lipinski definition) is 3. The molecule has 7 heteroatoms. The Morgan fingerprint density at radius 1 is 1.26 bits per heavy atom. The summed E-state index contributed by atoms with van der Waals surface area (Å²) in [6.07, 6.45) is 0.903. The first kappa shape index (κ1) is 19.5. The van der Waals surface area contributed by atoms with Crippen molar-refractivity contribution >= 4 is 40.5 Å². The summed E-state index contributed by atoms with van der Waals surface area (Å²) in [5, 5.41) is 1.14. The van der Waals surface area contributed by atoms with E-state index in [0.717, 1.165) is 30.8 Å². The van der Waals surface area contributed by atoms with Crippen molar-refractivity contribution in [1.82, 2.24) is 4.90 Å². The Bertz CT molecular complexity index is 881. The van der Waals surface area contributed by atoms with Gasteiger partial charge in [0.1, 0.15) is 0 Å². The molecule has 0 spiro atoms. The van der Waals surface area contributed by atoms with Crippen LogP contribution >= 0.6 is 23.2 Å². The van der Waals surface area contributed by atoms with Crippen molar-refractivity contribution in [2.24, 2.45) is 5.73 Å². The first-order valence-corrected chi connectivity index (χ1v) is 9.41. The van der Waals surface area contributed by atoms with E-state index in [0.29, 0.717) is 22.3 Å². The Morgan fingerprint density at radius 2 is 2.04 bits per heavy atom. The largest absolute Gasteiger partial charge is 0.369 e. The van der Waals surface area contributed by atoms with Gasteiger partial charge in [-0.2, -0.15) is 0 Å². The van der Waals surface area contributed by atoms with Crippen LogP contribution in [-0.2, 0) is 11.3 Å². The third-order valence-electron chi connectivity index (χ3n) is 4.75. The van der Waals surface area contributed by atoms with E-state index in [2.05, 4.69) is 14.6 Å². The van der Waals surface area contributed by atoms with Crippen LogP contribution in [0.25, 0.3) is 4.85 Å². The number of rotatable bonds is 6. The smallest absolute Gasteiger partial charge is 0.231 e. The van der Waals surface area contributed by atoms with Gasteiger partial charge in [-0.1, -0.05) is 47.5 Å². The highest BCUT2D eigenvalue weighted by atomic mass is 35.5. The highest BCUT2D eigenvalue weighted by Gasteiger charge is 2.29. The summed E-state index contributed by atoms with van der Waals surface area (Å²) in [4.78, 5) is 19.0. The van der Waals surface area contributed by atoms with Crippen molar-refractivity contribution in [3.63, 3.8) is 0 Å². The zero-order valence-electron chi connectivity index (χ0n) is 14.7. The van der Waals surface area contributed by atoms with Gasteiger partial charge in [-0.3, -0.25) is 9.69 Å². The maximum atomic E-state index is 11.3. The summed E-state index contributed by atoms with van der Waals surface area (Å²) in [6, 6.07) is 13.4. The Morgan fingerprint density at radius 3 is 2.70 bits per heavy atom. The third-order valence-corrected chi connectivity index (χ3v) is 5.42. The maximum absolute atomic E-state index is 11.3. The molecule has 1 aliphatic heterocycles. The molecule has 0 bridgehead atoms. The van der Waals surface area contributed by atoms with Gasteiger partial charge < -0.3 is 10.6 Å². The Hall–Kier alpha value is -2.26. The molecule has 1 saturated heterocycles. The van der Waals surface area contributed by atoms with E-state index >= 15 is 0 Å². The van der Waals surface area contributed by atoms with Crippen molar-refractivity contribution in [3.05, 3.63) is 69.5 Å². The number of carbonyl (C=O) groups is 1. The number of carbonyl (C=O) groups excluding carboxylic acids is 1. The molecule has 1 atom stereocenters. The van der Waals surface area contributed by atoms with Gasteiger partial charge in [-0.25, -0.2) is 4.85 Å². The molecule has 0 unspecified atom stereocenters. The van der Waals surface area contributed by atoms with E-state index < -0.39 is 0 Å². The lowest BCUT2D eigenvalue weighted by Crippen LogP contribution is -2.39. The van der Waals surface area contributed by atoms with Crippen molar-refractivity contribution in [2.45, 2.75) is 19.0 Å². The number of hydrogen-bond donors (Lipinski definition) is 1. The van der Waals surface area contributed by atoms with Crippen molar-refractivity contribution < 1.29 is 4.79 Å². The van der Waals surface area contributed by atoms with Crippen LogP contribution in [0.15, 0.2) is 42.5 Å². The maximum Gasteiger partial charge on any atom is 0.231 e. The van der Waals surface area contributed by atoms with Gasteiger partial charge in [-0.15, -0.1) is 0 Å². The predicted octanol–water partition coefficient (Wildman–Crippen LogP) is 4.11. The van der Waals surface area contributed by atoms with Crippen LogP contribution in [0.2, 0.25) is 10.0 Å². The minimum Gasteiger partial charge on any atom is -0.369 e. The standard InChI is InChI=1S/C20H20Cl2N4O/c1-24-19-7-6-15(10-18(19)22)26(11-14-4-2-3-5-17(14)21)16-8-9-25(12-16)13-20(23)27/h2-7,10,16H,8-9,11-13H2,(H2,23,27)/t16-/m0/s1. The quantitative estimate of drug-likeness (QED) is 0.739. The monoisotopic (exact) mass is 402 g/mol. The fraction of sp³-hybridized carbons (Fsp3) is 0.300. The van der Waals surface area contributed by atoms with Gasteiger partial charge >= 0.3 is 0 Å². The van der Waals surface area contributed by atoms with Gasteiger partial charge in [0.05, 0.1) is 13.1 Å². The zero-order valence-corrected chi connectivity index (χ0v) is 16.2. The molecule has 0 radical (unpaired) electrons. The number of halogens is 2. The molecule has 27 heavy (non-hydrogen) atoms. The molecule has 2 aromatic rings. The summed E-state index contributed by atoms with van der Waals surface area (Å²) in [7, 11) is 0. The van der Waals surface area contributed by atoms with E-state index in [1.807, 2.05) is 36.4 Å². The molecule has 2 N–H and O–H groups in total. The minimum absolute atomic E-state index is 0.190. The Balaban J connectivity index is 1.90. The van der Waals surface area contributed by atoms with Crippen LogP contribution in [0.3, 0.4) is 0 Å². The van der Waals surface area contributed by atoms with Crippen molar-refractivity contribution in [2.75, 3.05) is 24.5 Å². The van der Waals surface area contributed by atoms with Crippen LogP contribution in [0.4, 0.5) is 11.4 Å². The van der Waals surface area contributed by atoms with Crippen LogP contribution in [0.5, 0.6) is 0 Å². The van der Waals surface area contributed by atoms with E-state index in [1.165, 1.54) is 0 Å². The predicted molar refractivity (Wildman–Crippen MR) is 109 cm³/mol. The minimum atomic E-state index is -0.322. The Kier molecular flexibility index (Phi) is 6.22. The molecule has 1 fully saturated rings. The number of primary amides is 1. The molecule has 140 valence electrons.